The molecule has 0 aliphatic heterocycles. The molecule has 13 heavy (non-hydrogen) atoms. The summed E-state index contributed by atoms with van der Waals surface area (Å²) in [7, 11) is 0. The monoisotopic (exact) mass is 180 g/mol. The quantitative estimate of drug-likeness (QED) is 0.692. The van der Waals surface area contributed by atoms with Gasteiger partial charge in [0.15, 0.2) is 0 Å². The predicted molar refractivity (Wildman–Crippen MR) is 51.5 cm³/mol. The highest BCUT2D eigenvalue weighted by Crippen LogP contribution is 2.04. The summed E-state index contributed by atoms with van der Waals surface area (Å²) in [5.41, 5.74) is 1.23. The second-order valence-corrected chi connectivity index (χ2v) is 3.26. The van der Waals surface area contributed by atoms with Crippen LogP contribution >= 0.6 is 0 Å². The number of carbonyl (C=O) groups excluding carboxylic acids is 1. The van der Waals surface area contributed by atoms with Gasteiger partial charge >= 0.3 is 0 Å². The first-order valence-electron chi connectivity index (χ1n) is 4.73. The lowest BCUT2D eigenvalue weighted by Crippen LogP contribution is -1.93. The molecule has 0 aromatic carbocycles. The molecule has 72 valence electrons. The van der Waals surface area contributed by atoms with Crippen molar-refractivity contribution in [3.8, 4) is 0 Å². The zero-order chi connectivity index (χ0) is 9.68. The van der Waals surface area contributed by atoms with Gasteiger partial charge in [0, 0.05) is 19.2 Å². The topological polar surface area (TPSA) is 34.9 Å². The van der Waals surface area contributed by atoms with Crippen molar-refractivity contribution in [2.24, 2.45) is 0 Å². The van der Waals surface area contributed by atoms with Crippen molar-refractivity contribution in [3.05, 3.63) is 18.0 Å². The molecule has 1 rings (SSSR count). The van der Waals surface area contributed by atoms with Crippen molar-refractivity contribution >= 4 is 5.78 Å². The summed E-state index contributed by atoms with van der Waals surface area (Å²) >= 11 is 0. The third-order valence-electron chi connectivity index (χ3n) is 2.01. The molecule has 1 aromatic heterocycles. The van der Waals surface area contributed by atoms with Gasteiger partial charge in [-0.3, -0.25) is 4.68 Å². The number of Topliss-reactive ketones (excluding diaryl/α,β-unsaturated/α-hetero) is 1. The molecule has 0 bridgehead atoms. The molecule has 1 heterocycles. The lowest BCUT2D eigenvalue weighted by atomic mass is 10.1. The van der Waals surface area contributed by atoms with Crippen LogP contribution in [0.4, 0.5) is 0 Å². The molecule has 0 aliphatic rings. The van der Waals surface area contributed by atoms with Gasteiger partial charge in [0.1, 0.15) is 5.78 Å². The highest BCUT2D eigenvalue weighted by atomic mass is 16.1. The predicted octanol–water partition coefficient (Wildman–Crippen LogP) is 1.81. The van der Waals surface area contributed by atoms with Gasteiger partial charge in [0.25, 0.3) is 0 Å². The van der Waals surface area contributed by atoms with Crippen molar-refractivity contribution in [3.63, 3.8) is 0 Å². The van der Waals surface area contributed by atoms with Crippen LogP contribution in [0.15, 0.2) is 12.4 Å². The summed E-state index contributed by atoms with van der Waals surface area (Å²) < 4.78 is 1.91. The van der Waals surface area contributed by atoms with Crippen LogP contribution in [0, 0.1) is 0 Å². The van der Waals surface area contributed by atoms with E-state index in [1.165, 1.54) is 5.56 Å². The Morgan fingerprint density at radius 3 is 2.92 bits per heavy atom. The van der Waals surface area contributed by atoms with Gasteiger partial charge in [0.05, 0.1) is 6.20 Å². The molecule has 3 nitrogen and oxygen atoms in total. The first-order chi connectivity index (χ1) is 6.22. The average Bonchev–Trinajstić information content (AvgIpc) is 2.52. The molecular weight excluding hydrogens is 164 g/mol. The van der Waals surface area contributed by atoms with Gasteiger partial charge in [0.2, 0.25) is 0 Å². The van der Waals surface area contributed by atoms with Crippen LogP contribution in [0.1, 0.15) is 32.3 Å². The lowest BCUT2D eigenvalue weighted by molar-refractivity contribution is -0.117. The molecular formula is C10H16N2O. The van der Waals surface area contributed by atoms with Gasteiger partial charge in [-0.25, -0.2) is 0 Å². The maximum Gasteiger partial charge on any atom is 0.129 e. The zero-order valence-electron chi connectivity index (χ0n) is 8.29. The normalized spacial score (nSPS) is 10.3. The largest absolute Gasteiger partial charge is 0.300 e. The maximum absolute atomic E-state index is 10.7. The second kappa shape index (κ2) is 4.80. The Balaban J connectivity index is 2.32. The highest BCUT2D eigenvalue weighted by molar-refractivity contribution is 5.75. The van der Waals surface area contributed by atoms with Crippen LogP contribution in [0.3, 0.4) is 0 Å². The number of nitrogens with zero attached hydrogens (tertiary/aromatic N) is 2. The fourth-order valence-corrected chi connectivity index (χ4v) is 1.25. The summed E-state index contributed by atoms with van der Waals surface area (Å²) in [5.74, 6) is 0.267. The highest BCUT2D eigenvalue weighted by Gasteiger charge is 1.98. The minimum Gasteiger partial charge on any atom is -0.300 e. The number of aromatic nitrogens is 2. The van der Waals surface area contributed by atoms with Gasteiger partial charge in [-0.2, -0.15) is 5.10 Å². The fraction of sp³-hybridized carbons (Fsp3) is 0.600. The molecule has 0 N–H and O–H groups in total. The Labute approximate surface area is 78.8 Å². The van der Waals surface area contributed by atoms with Crippen molar-refractivity contribution in [1.29, 1.82) is 0 Å². The SMILES string of the molecule is CCn1cc(CCCC(C)=O)cn1. The molecule has 0 amide bonds. The van der Waals surface area contributed by atoms with Gasteiger partial charge < -0.3 is 4.79 Å². The standard InChI is InChI=1S/C10H16N2O/c1-3-12-8-10(7-11-12)6-4-5-9(2)13/h7-8H,3-6H2,1-2H3. The van der Waals surface area contributed by atoms with Gasteiger partial charge in [-0.15, -0.1) is 0 Å². The Bertz CT molecular complexity index is 278. The molecule has 0 unspecified atom stereocenters. The molecule has 0 saturated heterocycles. The molecule has 1 aromatic rings. The van der Waals surface area contributed by atoms with E-state index in [1.54, 1.807) is 6.92 Å². The average molecular weight is 180 g/mol. The number of carbonyl (C=O) groups is 1. The smallest absolute Gasteiger partial charge is 0.129 e. The Morgan fingerprint density at radius 1 is 1.62 bits per heavy atom. The third kappa shape index (κ3) is 3.40. The Kier molecular flexibility index (Phi) is 3.68. The zero-order valence-corrected chi connectivity index (χ0v) is 8.29. The molecule has 0 atom stereocenters. The van der Waals surface area contributed by atoms with Crippen LogP contribution in [-0.4, -0.2) is 15.6 Å². The van der Waals surface area contributed by atoms with Crippen LogP contribution in [0.25, 0.3) is 0 Å². The van der Waals surface area contributed by atoms with Crippen molar-refractivity contribution in [2.75, 3.05) is 0 Å². The maximum atomic E-state index is 10.7. The van der Waals surface area contributed by atoms with Crippen molar-refractivity contribution in [2.45, 2.75) is 39.7 Å². The first-order valence-corrected chi connectivity index (χ1v) is 4.73. The number of hydrogen-bond donors (Lipinski definition) is 0. The van der Waals surface area contributed by atoms with Gasteiger partial charge in [-0.05, 0) is 32.3 Å². The van der Waals surface area contributed by atoms with E-state index in [4.69, 9.17) is 0 Å². The first kappa shape index (κ1) is 9.96. The van der Waals surface area contributed by atoms with E-state index in [0.29, 0.717) is 6.42 Å². The molecule has 3 heteroatoms. The summed E-state index contributed by atoms with van der Waals surface area (Å²) in [4.78, 5) is 10.7. The van der Waals surface area contributed by atoms with E-state index in [0.717, 1.165) is 19.4 Å². The van der Waals surface area contributed by atoms with Crippen LogP contribution < -0.4 is 0 Å². The third-order valence-corrected chi connectivity index (χ3v) is 2.01. The minimum atomic E-state index is 0.267. The molecule has 0 radical (unpaired) electrons. The van der Waals surface area contributed by atoms with E-state index in [9.17, 15) is 4.79 Å². The van der Waals surface area contributed by atoms with Crippen LogP contribution in [0.2, 0.25) is 0 Å². The molecule has 0 aliphatic carbocycles. The van der Waals surface area contributed by atoms with E-state index < -0.39 is 0 Å². The molecule has 0 fully saturated rings. The molecule has 0 spiro atoms. The minimum absolute atomic E-state index is 0.267. The number of aryl methyl sites for hydroxylation is 2. The van der Waals surface area contributed by atoms with Crippen LogP contribution in [-0.2, 0) is 17.8 Å². The number of rotatable bonds is 5. The summed E-state index contributed by atoms with van der Waals surface area (Å²) in [6.45, 7) is 4.61. The fourth-order valence-electron chi connectivity index (χ4n) is 1.25. The second-order valence-electron chi connectivity index (χ2n) is 3.26. The Hall–Kier alpha value is -1.12. The van der Waals surface area contributed by atoms with Crippen LogP contribution in [0.5, 0.6) is 0 Å². The lowest BCUT2D eigenvalue weighted by Gasteiger charge is -1.94. The van der Waals surface area contributed by atoms with E-state index >= 15 is 0 Å². The summed E-state index contributed by atoms with van der Waals surface area (Å²) in [6.07, 6.45) is 6.49. The summed E-state index contributed by atoms with van der Waals surface area (Å²) in [5, 5.41) is 4.16. The van der Waals surface area contributed by atoms with E-state index in [1.807, 2.05) is 17.1 Å². The van der Waals surface area contributed by atoms with Gasteiger partial charge in [-0.1, -0.05) is 0 Å². The molecule has 0 saturated carbocycles. The van der Waals surface area contributed by atoms with E-state index in [2.05, 4.69) is 12.0 Å². The Morgan fingerprint density at radius 2 is 2.38 bits per heavy atom. The van der Waals surface area contributed by atoms with Crippen molar-refractivity contribution in [1.82, 2.24) is 9.78 Å². The number of hydrogen-bond acceptors (Lipinski definition) is 2. The summed E-state index contributed by atoms with van der Waals surface area (Å²) in [6, 6.07) is 0. The van der Waals surface area contributed by atoms with Crippen molar-refractivity contribution < 1.29 is 4.79 Å². The van der Waals surface area contributed by atoms with E-state index in [-0.39, 0.29) is 5.78 Å². The number of ketones is 1.